The lowest BCUT2D eigenvalue weighted by molar-refractivity contribution is 0.0387. The van der Waals surface area contributed by atoms with Crippen LogP contribution in [0.1, 0.15) is 24.2 Å². The Morgan fingerprint density at radius 2 is 1.88 bits per heavy atom. The van der Waals surface area contributed by atoms with Crippen molar-refractivity contribution in [2.75, 3.05) is 31.5 Å². The molecule has 0 spiro atoms. The van der Waals surface area contributed by atoms with E-state index in [1.807, 2.05) is 6.92 Å². The van der Waals surface area contributed by atoms with Crippen LogP contribution in [0.5, 0.6) is 5.75 Å². The van der Waals surface area contributed by atoms with E-state index in [4.69, 9.17) is 16.3 Å². The molecule has 3 atom stereocenters. The minimum atomic E-state index is -4.04. The second kappa shape index (κ2) is 12.0. The molecule has 0 unspecified atom stereocenters. The Balaban J connectivity index is 1.68. The maximum atomic E-state index is 13.7. The van der Waals surface area contributed by atoms with Gasteiger partial charge in [-0.15, -0.1) is 0 Å². The molecule has 1 aromatic heterocycles. The Morgan fingerprint density at radius 1 is 1.20 bits per heavy atom. The number of amides is 1. The van der Waals surface area contributed by atoms with E-state index in [0.29, 0.717) is 5.02 Å². The van der Waals surface area contributed by atoms with E-state index >= 15 is 0 Å². The molecular weight excluding hydrogens is 594 g/mol. The fourth-order valence-electron chi connectivity index (χ4n) is 4.38. The molecule has 2 heterocycles. The van der Waals surface area contributed by atoms with Crippen molar-refractivity contribution in [3.8, 4) is 5.75 Å². The molecule has 4 rings (SSSR count). The van der Waals surface area contributed by atoms with Gasteiger partial charge >= 0.3 is 0 Å². The monoisotopic (exact) mass is 625 g/mol. The summed E-state index contributed by atoms with van der Waals surface area (Å²) in [6.45, 7) is 3.32. The van der Waals surface area contributed by atoms with Crippen molar-refractivity contribution in [3.63, 3.8) is 0 Å². The third-order valence-corrected chi connectivity index (χ3v) is 10.2. The number of ether oxygens (including phenoxy) is 1. The molecule has 0 bridgehead atoms. The number of hydrogen-bond donors (Lipinski definition) is 2. The zero-order valence-electron chi connectivity index (χ0n) is 22.9. The molecule has 2 N–H and O–H groups in total. The van der Waals surface area contributed by atoms with Gasteiger partial charge in [0.15, 0.2) is 5.03 Å². The van der Waals surface area contributed by atoms with E-state index < -0.39 is 38.1 Å². The average molecular weight is 626 g/mol. The molecular formula is C26H32ClN5O7S2. The minimum Gasteiger partial charge on any atom is -0.488 e. The standard InChI is InChI=1S/C26H32ClN5O7S2/c1-17-12-32(18(2)15-33)26(34)22-11-20(29-40(35,36)25-14-30(3)16-28-25)7-10-23(22)39-24(17)13-31(4)41(37,38)21-8-5-19(27)6-9-21/h5-11,14,16-18,24,29,33H,12-13,15H2,1-4H3/t17-,18+,24-/m1/s1. The number of imidazole rings is 1. The number of halogens is 1. The molecule has 3 aromatic rings. The number of hydrogen-bond acceptors (Lipinski definition) is 8. The van der Waals surface area contributed by atoms with Gasteiger partial charge in [-0.2, -0.15) is 12.7 Å². The SMILES string of the molecule is C[C@@H]1CN([C@@H](C)CO)C(=O)c2cc(NS(=O)(=O)c3cn(C)cn3)ccc2O[C@@H]1CN(C)S(=O)(=O)c1ccc(Cl)cc1. The van der Waals surface area contributed by atoms with Crippen molar-refractivity contribution in [2.45, 2.75) is 35.9 Å². The third-order valence-electron chi connectivity index (χ3n) is 6.83. The summed E-state index contributed by atoms with van der Waals surface area (Å²) in [7, 11) is -4.84. The first-order chi connectivity index (χ1) is 19.2. The minimum absolute atomic E-state index is 0.0465. The Hall–Kier alpha value is -3.17. The number of carbonyl (C=O) groups is 1. The predicted molar refractivity (Wildman–Crippen MR) is 153 cm³/mol. The lowest BCUT2D eigenvalue weighted by Gasteiger charge is -2.38. The summed E-state index contributed by atoms with van der Waals surface area (Å²) in [4.78, 5) is 19.1. The number of benzene rings is 2. The first-order valence-corrected chi connectivity index (χ1v) is 16.0. The van der Waals surface area contributed by atoms with Crippen LogP contribution in [0, 0.1) is 5.92 Å². The van der Waals surface area contributed by atoms with Gasteiger partial charge in [0.1, 0.15) is 11.9 Å². The first kappa shape index (κ1) is 30.8. The average Bonchev–Trinajstić information content (AvgIpc) is 3.38. The number of anilines is 1. The molecule has 0 saturated heterocycles. The number of nitrogens with zero attached hydrogens (tertiary/aromatic N) is 4. The maximum Gasteiger partial charge on any atom is 0.280 e. The van der Waals surface area contributed by atoms with Gasteiger partial charge in [0.05, 0.1) is 36.0 Å². The number of aliphatic hydroxyl groups excluding tert-OH is 1. The molecule has 2 aromatic carbocycles. The molecule has 0 fully saturated rings. The van der Waals surface area contributed by atoms with Crippen LogP contribution in [0.4, 0.5) is 5.69 Å². The van der Waals surface area contributed by atoms with Crippen LogP contribution in [0.3, 0.4) is 0 Å². The van der Waals surface area contributed by atoms with Crippen LogP contribution >= 0.6 is 11.6 Å². The summed E-state index contributed by atoms with van der Waals surface area (Å²) in [5.74, 6) is -0.654. The zero-order chi connectivity index (χ0) is 30.1. The highest BCUT2D eigenvalue weighted by Crippen LogP contribution is 2.32. The van der Waals surface area contributed by atoms with Crippen molar-refractivity contribution in [1.29, 1.82) is 0 Å². The van der Waals surface area contributed by atoms with Gasteiger partial charge in [0, 0.05) is 43.5 Å². The molecule has 1 amide bonds. The summed E-state index contributed by atoms with van der Waals surface area (Å²) in [5.41, 5.74) is 0.169. The van der Waals surface area contributed by atoms with Crippen LogP contribution in [0.25, 0.3) is 0 Å². The van der Waals surface area contributed by atoms with Gasteiger partial charge in [-0.25, -0.2) is 13.4 Å². The number of aliphatic hydroxyl groups is 1. The van der Waals surface area contributed by atoms with E-state index in [1.165, 1.54) is 75.8 Å². The van der Waals surface area contributed by atoms with E-state index in [2.05, 4.69) is 9.71 Å². The molecule has 41 heavy (non-hydrogen) atoms. The first-order valence-electron chi connectivity index (χ1n) is 12.7. The number of likely N-dealkylation sites (N-methyl/N-ethyl adjacent to an activating group) is 1. The van der Waals surface area contributed by atoms with Crippen molar-refractivity contribution in [1.82, 2.24) is 18.8 Å². The number of fused-ring (bicyclic) bond motifs is 1. The normalized spacial score (nSPS) is 18.8. The number of nitrogens with one attached hydrogen (secondary N) is 1. The van der Waals surface area contributed by atoms with Gasteiger partial charge in [-0.1, -0.05) is 18.5 Å². The van der Waals surface area contributed by atoms with Gasteiger partial charge < -0.3 is 19.3 Å². The lowest BCUT2D eigenvalue weighted by Crippen LogP contribution is -2.50. The zero-order valence-corrected chi connectivity index (χ0v) is 25.3. The van der Waals surface area contributed by atoms with Crippen LogP contribution in [0.2, 0.25) is 5.02 Å². The highest BCUT2D eigenvalue weighted by molar-refractivity contribution is 7.92. The summed E-state index contributed by atoms with van der Waals surface area (Å²) in [5, 5.41) is 10.1. The molecule has 12 nitrogen and oxygen atoms in total. The van der Waals surface area contributed by atoms with Gasteiger partial charge in [0.25, 0.3) is 15.9 Å². The van der Waals surface area contributed by atoms with E-state index in [9.17, 15) is 26.7 Å². The van der Waals surface area contributed by atoms with Gasteiger partial charge in [-0.05, 0) is 49.4 Å². The molecule has 0 radical (unpaired) electrons. The van der Waals surface area contributed by atoms with E-state index in [1.54, 1.807) is 14.0 Å². The Bertz CT molecular complexity index is 1630. The molecule has 1 aliphatic heterocycles. The summed E-state index contributed by atoms with van der Waals surface area (Å²) < 4.78 is 63.5. The summed E-state index contributed by atoms with van der Waals surface area (Å²) in [6, 6.07) is 9.52. The van der Waals surface area contributed by atoms with Crippen molar-refractivity contribution < 1.29 is 31.5 Å². The largest absolute Gasteiger partial charge is 0.488 e. The third kappa shape index (κ3) is 6.67. The highest BCUT2D eigenvalue weighted by atomic mass is 35.5. The number of aromatic nitrogens is 2. The van der Waals surface area contributed by atoms with Crippen LogP contribution in [-0.4, -0.2) is 85.5 Å². The van der Waals surface area contributed by atoms with Crippen LogP contribution in [-0.2, 0) is 27.1 Å². The molecule has 15 heteroatoms. The second-order valence-corrected chi connectivity index (χ2v) is 14.2. The van der Waals surface area contributed by atoms with Crippen LogP contribution in [0.15, 0.2) is 64.9 Å². The molecule has 222 valence electrons. The highest BCUT2D eigenvalue weighted by Gasteiger charge is 2.35. The van der Waals surface area contributed by atoms with Crippen molar-refractivity contribution in [3.05, 3.63) is 65.6 Å². The smallest absolute Gasteiger partial charge is 0.280 e. The van der Waals surface area contributed by atoms with Crippen molar-refractivity contribution >= 4 is 43.2 Å². The summed E-state index contributed by atoms with van der Waals surface area (Å²) in [6.07, 6.45) is 2.00. The number of aryl methyl sites for hydroxylation is 1. The maximum absolute atomic E-state index is 13.7. The second-order valence-electron chi connectivity index (χ2n) is 10.1. The fraction of sp³-hybridized carbons (Fsp3) is 0.385. The van der Waals surface area contributed by atoms with Gasteiger partial charge in [0.2, 0.25) is 10.0 Å². The molecule has 0 aliphatic carbocycles. The Morgan fingerprint density at radius 3 is 2.49 bits per heavy atom. The van der Waals surface area contributed by atoms with E-state index in [-0.39, 0.29) is 52.5 Å². The topological polar surface area (TPSA) is 151 Å². The molecule has 0 saturated carbocycles. The van der Waals surface area contributed by atoms with Crippen molar-refractivity contribution in [2.24, 2.45) is 13.0 Å². The number of sulfonamides is 2. The van der Waals surface area contributed by atoms with E-state index in [0.717, 1.165) is 0 Å². The van der Waals surface area contributed by atoms with Crippen LogP contribution < -0.4 is 9.46 Å². The Labute approximate surface area is 244 Å². The fourth-order valence-corrected chi connectivity index (χ4v) is 6.72. The summed E-state index contributed by atoms with van der Waals surface area (Å²) >= 11 is 5.92. The molecule has 1 aliphatic rings. The quantitative estimate of drug-likeness (QED) is 0.368. The Kier molecular flexibility index (Phi) is 8.99. The van der Waals surface area contributed by atoms with Gasteiger partial charge in [-0.3, -0.25) is 9.52 Å². The number of carbonyl (C=O) groups excluding carboxylic acids is 1. The lowest BCUT2D eigenvalue weighted by atomic mass is 9.99. The predicted octanol–water partition coefficient (Wildman–Crippen LogP) is 2.42. The number of rotatable bonds is 9.